The minimum atomic E-state index is -2.45. The molecule has 2 aromatic carbocycles. The van der Waals surface area contributed by atoms with Gasteiger partial charge in [-0.15, -0.1) is 0 Å². The molecule has 3 heterocycles. The number of imide groups is 1. The average Bonchev–Trinajstić information content (AvgIpc) is 3.15. The van der Waals surface area contributed by atoms with Gasteiger partial charge in [-0.05, 0) is 0 Å². The van der Waals surface area contributed by atoms with E-state index in [4.69, 9.17) is 5.73 Å². The molecular formula is C18H13InN2O2S. The molecule has 2 unspecified atom stereocenters. The molecule has 0 saturated carbocycles. The Balaban J connectivity index is 1.62. The van der Waals surface area contributed by atoms with Crippen LogP contribution in [-0.4, -0.2) is 37.8 Å². The molecule has 4 nitrogen and oxygen atoms in total. The number of thioether (sulfide) groups is 1. The molecule has 4 bridgehead atoms. The van der Waals surface area contributed by atoms with Gasteiger partial charge < -0.3 is 0 Å². The van der Waals surface area contributed by atoms with E-state index in [0.717, 1.165) is 5.69 Å². The Morgan fingerprint density at radius 1 is 1.08 bits per heavy atom. The van der Waals surface area contributed by atoms with Crippen molar-refractivity contribution in [2.24, 2.45) is 0 Å². The van der Waals surface area contributed by atoms with Gasteiger partial charge in [-0.2, -0.15) is 0 Å². The quantitative estimate of drug-likeness (QED) is 0.708. The normalized spacial score (nSPS) is 23.7. The van der Waals surface area contributed by atoms with Crippen molar-refractivity contribution < 1.29 is 9.59 Å². The van der Waals surface area contributed by atoms with Crippen molar-refractivity contribution in [1.82, 2.24) is 5.32 Å². The van der Waals surface area contributed by atoms with Gasteiger partial charge in [-0.3, -0.25) is 0 Å². The number of nitrogens with two attached hydrogens (primary N) is 1. The van der Waals surface area contributed by atoms with E-state index in [0.29, 0.717) is 0 Å². The molecule has 5 rings (SSSR count). The summed E-state index contributed by atoms with van der Waals surface area (Å²) < 4.78 is 3.11. The summed E-state index contributed by atoms with van der Waals surface area (Å²) in [6.07, 6.45) is 2.31. The van der Waals surface area contributed by atoms with Crippen LogP contribution in [0, 0.1) is 0 Å². The number of hydrogen-bond acceptors (Lipinski definition) is 4. The van der Waals surface area contributed by atoms with Gasteiger partial charge in [0.05, 0.1) is 0 Å². The Morgan fingerprint density at radius 2 is 1.88 bits per heavy atom. The monoisotopic (exact) mass is 436 g/mol. The van der Waals surface area contributed by atoms with E-state index in [1.165, 1.54) is 35.1 Å². The van der Waals surface area contributed by atoms with Crippen LogP contribution in [0.4, 0.5) is 10.5 Å². The van der Waals surface area contributed by atoms with Crippen LogP contribution in [0.3, 0.4) is 0 Å². The Bertz CT molecular complexity index is 939. The van der Waals surface area contributed by atoms with Crippen LogP contribution >= 0.6 is 11.8 Å². The summed E-state index contributed by atoms with van der Waals surface area (Å²) in [5.74, 6) is -0.122. The van der Waals surface area contributed by atoms with Crippen LogP contribution in [0.1, 0.15) is 20.4 Å². The van der Waals surface area contributed by atoms with Crippen molar-refractivity contribution in [1.29, 1.82) is 0 Å². The maximum absolute atomic E-state index is 12.3. The molecule has 1 saturated heterocycles. The van der Waals surface area contributed by atoms with Gasteiger partial charge in [0, 0.05) is 0 Å². The van der Waals surface area contributed by atoms with Gasteiger partial charge in [0.1, 0.15) is 0 Å². The zero-order chi connectivity index (χ0) is 16.4. The molecule has 2 amide bonds. The van der Waals surface area contributed by atoms with Gasteiger partial charge in [-0.1, -0.05) is 0 Å². The molecule has 2 aromatic rings. The summed E-state index contributed by atoms with van der Waals surface area (Å²) in [4.78, 5) is 24.0. The zero-order valence-electron chi connectivity index (χ0n) is 12.7. The molecule has 116 valence electrons. The fourth-order valence-corrected chi connectivity index (χ4v) is 18.4. The molecule has 0 aromatic heterocycles. The fraction of sp³-hybridized carbons (Fsp3) is 0.111. The summed E-state index contributed by atoms with van der Waals surface area (Å²) in [5.41, 5.74) is 10.4. The third-order valence-electron chi connectivity index (χ3n) is 5.15. The number of rotatable bonds is 2. The topological polar surface area (TPSA) is 72.2 Å². The van der Waals surface area contributed by atoms with Crippen LogP contribution in [0.5, 0.6) is 0 Å². The fourth-order valence-electron chi connectivity index (χ4n) is 4.19. The van der Waals surface area contributed by atoms with Crippen molar-refractivity contribution in [3.63, 3.8) is 0 Å². The first kappa shape index (κ1) is 14.7. The van der Waals surface area contributed by atoms with Crippen molar-refractivity contribution in [3.05, 3.63) is 59.2 Å². The second-order valence-corrected chi connectivity index (χ2v) is 15.8. The van der Waals surface area contributed by atoms with Gasteiger partial charge in [0.15, 0.2) is 0 Å². The molecule has 0 spiro atoms. The van der Waals surface area contributed by atoms with Gasteiger partial charge in [-0.25, -0.2) is 0 Å². The average molecular weight is 436 g/mol. The first-order chi connectivity index (χ1) is 11.6. The number of nitrogen functional groups attached to an aromatic ring is 1. The van der Waals surface area contributed by atoms with Crippen molar-refractivity contribution in [3.8, 4) is 0 Å². The zero-order valence-corrected chi connectivity index (χ0v) is 16.8. The summed E-state index contributed by atoms with van der Waals surface area (Å²) in [7, 11) is 0. The Morgan fingerprint density at radius 3 is 2.54 bits per heavy atom. The summed E-state index contributed by atoms with van der Waals surface area (Å²) in [5, 5.41) is 1.98. The Labute approximate surface area is 151 Å². The first-order valence-corrected chi connectivity index (χ1v) is 13.9. The second-order valence-electron chi connectivity index (χ2n) is 6.39. The Kier molecular flexibility index (Phi) is 3.16. The van der Waals surface area contributed by atoms with E-state index in [2.05, 4.69) is 41.7 Å². The molecule has 3 aliphatic heterocycles. The third kappa shape index (κ3) is 1.96. The second kappa shape index (κ2) is 5.17. The van der Waals surface area contributed by atoms with Crippen molar-refractivity contribution in [2.45, 2.75) is 8.92 Å². The molecule has 3 N–H and O–H groups in total. The van der Waals surface area contributed by atoms with Gasteiger partial charge in [0.2, 0.25) is 0 Å². The molecule has 2 atom stereocenters. The van der Waals surface area contributed by atoms with Crippen LogP contribution in [0.15, 0.2) is 42.5 Å². The van der Waals surface area contributed by atoms with Crippen LogP contribution in [0.2, 0.25) is 0 Å². The Hall–Kier alpha value is -1.66. The predicted octanol–water partition coefficient (Wildman–Crippen LogP) is 2.05. The van der Waals surface area contributed by atoms with E-state index >= 15 is 0 Å². The van der Waals surface area contributed by atoms with E-state index in [-0.39, 0.29) is 20.1 Å². The number of carbonyl (C=O) groups is 2. The van der Waals surface area contributed by atoms with Crippen molar-refractivity contribution in [2.75, 3.05) is 5.73 Å². The molecule has 6 heteroatoms. The van der Waals surface area contributed by atoms with Gasteiger partial charge in [0.25, 0.3) is 0 Å². The van der Waals surface area contributed by atoms with E-state index < -0.39 is 21.4 Å². The van der Waals surface area contributed by atoms with Crippen molar-refractivity contribution >= 4 is 62.8 Å². The first-order valence-electron chi connectivity index (χ1n) is 7.85. The number of nitrogens with one attached hydrogen (secondary N) is 1. The number of amides is 2. The maximum atomic E-state index is 12.3. The van der Waals surface area contributed by atoms with E-state index in [9.17, 15) is 9.59 Å². The molecule has 3 aliphatic rings. The predicted molar refractivity (Wildman–Crippen MR) is 98.2 cm³/mol. The summed E-state index contributed by atoms with van der Waals surface area (Å²) in [6.45, 7) is 0. The van der Waals surface area contributed by atoms with Crippen LogP contribution < -0.4 is 14.4 Å². The minimum absolute atomic E-state index is 0.122. The third-order valence-corrected chi connectivity index (χ3v) is 17.9. The molecular weight excluding hydrogens is 423 g/mol. The number of hydrogen-bond donors (Lipinski definition) is 2. The number of benzene rings is 2. The SMILES string of the molecule is Nc1ccc([C]2=Cc3c4ccc[c]3[In]2[CH]4C2SC(=O)NC2=O)cc1. The van der Waals surface area contributed by atoms with E-state index in [1.807, 2.05) is 12.1 Å². The molecule has 1 fully saturated rings. The standard InChI is InChI=1S/C18H13N2O2S.In/c19-15-9-6-12(7-10-15)5-8-13-3-1-2-4-14(13)11-16-17(21)20-18(22)23-16;/h1-2,4,6-11,16H,19H2,(H,20,21,22);. The summed E-state index contributed by atoms with van der Waals surface area (Å²) >= 11 is -1.28. The summed E-state index contributed by atoms with van der Waals surface area (Å²) in [6, 6.07) is 14.5. The molecule has 0 aliphatic carbocycles. The van der Waals surface area contributed by atoms with Gasteiger partial charge >= 0.3 is 151 Å². The van der Waals surface area contributed by atoms with Crippen LogP contribution in [-0.2, 0) is 4.79 Å². The molecule has 24 heavy (non-hydrogen) atoms. The van der Waals surface area contributed by atoms with E-state index in [1.54, 1.807) is 0 Å². The number of anilines is 1. The van der Waals surface area contributed by atoms with Crippen LogP contribution in [0.25, 0.3) is 9.41 Å². The molecule has 0 radical (unpaired) electrons. The number of carbonyl (C=O) groups excluding carboxylic acids is 2.